The molecule has 0 bridgehead atoms. The summed E-state index contributed by atoms with van der Waals surface area (Å²) in [5.74, 6) is -0.487. The van der Waals surface area contributed by atoms with Gasteiger partial charge in [-0.25, -0.2) is 9.37 Å². The number of carbonyl (C=O) groups is 1. The number of hydrogen-bond donors (Lipinski definition) is 2. The van der Waals surface area contributed by atoms with E-state index in [0.717, 1.165) is 25.7 Å². The van der Waals surface area contributed by atoms with Crippen LogP contribution in [-0.2, 0) is 0 Å². The van der Waals surface area contributed by atoms with E-state index in [0.29, 0.717) is 17.0 Å². The Morgan fingerprint density at radius 1 is 1.14 bits per heavy atom. The molecule has 0 aliphatic heterocycles. The fourth-order valence-corrected chi connectivity index (χ4v) is 3.52. The first kappa shape index (κ1) is 18.2. The van der Waals surface area contributed by atoms with Crippen LogP contribution in [0.1, 0.15) is 42.5 Å². The lowest BCUT2D eigenvalue weighted by Gasteiger charge is -2.22. The van der Waals surface area contributed by atoms with E-state index < -0.39 is 17.3 Å². The summed E-state index contributed by atoms with van der Waals surface area (Å²) in [6.07, 6.45) is 7.27. The molecule has 2 N–H and O–H groups in total. The van der Waals surface area contributed by atoms with Gasteiger partial charge in [-0.15, -0.1) is 0 Å². The van der Waals surface area contributed by atoms with Gasteiger partial charge in [0.2, 0.25) is 11.4 Å². The fraction of sp³-hybridized carbons (Fsp3) is 0.286. The minimum absolute atomic E-state index is 0.152. The van der Waals surface area contributed by atoms with E-state index in [1.807, 2.05) is 0 Å². The molecule has 144 valence electrons. The molecule has 3 aromatic rings. The summed E-state index contributed by atoms with van der Waals surface area (Å²) in [5, 5.41) is 3.23. The van der Waals surface area contributed by atoms with E-state index in [4.69, 9.17) is 4.74 Å². The van der Waals surface area contributed by atoms with Crippen LogP contribution in [0.15, 0.2) is 47.4 Å². The Kier molecular flexibility index (Phi) is 5.06. The van der Waals surface area contributed by atoms with Crippen molar-refractivity contribution in [2.75, 3.05) is 5.32 Å². The molecule has 2 heterocycles. The Hall–Kier alpha value is -3.22. The molecule has 6 nitrogen and oxygen atoms in total. The molecule has 1 aromatic carbocycles. The molecule has 1 aliphatic carbocycles. The fourth-order valence-electron chi connectivity index (χ4n) is 3.52. The summed E-state index contributed by atoms with van der Waals surface area (Å²) in [7, 11) is 0. The number of carbonyl (C=O) groups excluding carboxylic acids is 1. The van der Waals surface area contributed by atoms with Gasteiger partial charge in [0.25, 0.3) is 5.91 Å². The monoisotopic (exact) mass is 381 g/mol. The molecular formula is C21H20FN3O3. The summed E-state index contributed by atoms with van der Waals surface area (Å²) in [6.45, 7) is 0. The zero-order chi connectivity index (χ0) is 19.5. The molecule has 4 rings (SSSR count). The van der Waals surface area contributed by atoms with Crippen LogP contribution in [0.4, 0.5) is 10.1 Å². The molecule has 7 heteroatoms. The van der Waals surface area contributed by atoms with Crippen LogP contribution in [0.3, 0.4) is 0 Å². The third kappa shape index (κ3) is 4.03. The number of H-pyrrole nitrogens is 1. The van der Waals surface area contributed by atoms with Crippen LogP contribution in [-0.4, -0.2) is 22.0 Å². The van der Waals surface area contributed by atoms with Crippen LogP contribution < -0.4 is 15.6 Å². The normalized spacial score (nSPS) is 14.8. The number of anilines is 1. The lowest BCUT2D eigenvalue weighted by atomic mass is 9.98. The average Bonchev–Trinajstić information content (AvgIpc) is 2.68. The smallest absolute Gasteiger partial charge is 0.256 e. The largest absolute Gasteiger partial charge is 0.474 e. The number of nitrogens with zero attached hydrogens (tertiary/aromatic N) is 1. The Morgan fingerprint density at radius 3 is 2.79 bits per heavy atom. The van der Waals surface area contributed by atoms with E-state index in [-0.39, 0.29) is 17.2 Å². The van der Waals surface area contributed by atoms with Crippen LogP contribution >= 0.6 is 0 Å². The number of fused-ring (bicyclic) bond motifs is 1. The molecule has 0 radical (unpaired) electrons. The zero-order valence-corrected chi connectivity index (χ0v) is 15.2. The minimum Gasteiger partial charge on any atom is -0.474 e. The first-order valence-corrected chi connectivity index (χ1v) is 9.35. The number of halogens is 1. The van der Waals surface area contributed by atoms with Gasteiger partial charge in [-0.3, -0.25) is 9.59 Å². The van der Waals surface area contributed by atoms with Crippen LogP contribution in [0.25, 0.3) is 10.9 Å². The van der Waals surface area contributed by atoms with Crippen molar-refractivity contribution < 1.29 is 13.9 Å². The standard InChI is InChI=1S/C21H20FN3O3/c22-13-6-7-16-17(12-19(26)25-18(16)10-13)21(27)24-14-8-9-23-20(11-14)28-15-4-2-1-3-5-15/h6-12,15H,1-5H2,(H,25,26)(H,23,24,27). The number of aromatic nitrogens is 2. The molecular weight excluding hydrogens is 361 g/mol. The van der Waals surface area contributed by atoms with Gasteiger partial charge in [0.05, 0.1) is 11.1 Å². The topological polar surface area (TPSA) is 84.1 Å². The van der Waals surface area contributed by atoms with E-state index in [2.05, 4.69) is 15.3 Å². The van der Waals surface area contributed by atoms with Gasteiger partial charge in [0.15, 0.2) is 0 Å². The average molecular weight is 381 g/mol. The quantitative estimate of drug-likeness (QED) is 0.715. The number of amides is 1. The highest BCUT2D eigenvalue weighted by Crippen LogP contribution is 2.24. The Labute approximate surface area is 160 Å². The van der Waals surface area contributed by atoms with Gasteiger partial charge in [0, 0.05) is 29.4 Å². The zero-order valence-electron chi connectivity index (χ0n) is 15.2. The maximum Gasteiger partial charge on any atom is 0.256 e. The molecule has 0 unspecified atom stereocenters. The highest BCUT2D eigenvalue weighted by molar-refractivity contribution is 6.12. The molecule has 0 atom stereocenters. The van der Waals surface area contributed by atoms with E-state index in [9.17, 15) is 14.0 Å². The van der Waals surface area contributed by atoms with Crippen LogP contribution in [0.2, 0.25) is 0 Å². The predicted molar refractivity (Wildman–Crippen MR) is 104 cm³/mol. The summed E-state index contributed by atoms with van der Waals surface area (Å²) in [4.78, 5) is 31.4. The highest BCUT2D eigenvalue weighted by atomic mass is 19.1. The number of aromatic amines is 1. The highest BCUT2D eigenvalue weighted by Gasteiger charge is 2.17. The molecule has 0 saturated heterocycles. The van der Waals surface area contributed by atoms with Crippen LogP contribution in [0, 0.1) is 5.82 Å². The first-order chi connectivity index (χ1) is 13.6. The Balaban J connectivity index is 1.56. The van der Waals surface area contributed by atoms with Gasteiger partial charge in [-0.05, 0) is 49.9 Å². The molecule has 1 amide bonds. The van der Waals surface area contributed by atoms with E-state index >= 15 is 0 Å². The maximum atomic E-state index is 13.4. The summed E-state index contributed by atoms with van der Waals surface area (Å²) in [5.41, 5.74) is 0.486. The number of pyridine rings is 2. The third-order valence-corrected chi connectivity index (χ3v) is 4.88. The Bertz CT molecular complexity index is 1070. The number of benzene rings is 1. The first-order valence-electron chi connectivity index (χ1n) is 9.35. The van der Waals surface area contributed by atoms with Gasteiger partial charge in [-0.1, -0.05) is 6.42 Å². The number of rotatable bonds is 4. The second-order valence-corrected chi connectivity index (χ2v) is 6.95. The van der Waals surface area contributed by atoms with Crippen molar-refractivity contribution >= 4 is 22.5 Å². The summed E-state index contributed by atoms with van der Waals surface area (Å²) >= 11 is 0. The minimum atomic E-state index is -0.487. The lowest BCUT2D eigenvalue weighted by molar-refractivity contribution is 0.102. The van der Waals surface area contributed by atoms with E-state index in [1.54, 1.807) is 18.3 Å². The number of ether oxygens (including phenoxy) is 1. The Morgan fingerprint density at radius 2 is 1.96 bits per heavy atom. The number of hydrogen-bond acceptors (Lipinski definition) is 4. The van der Waals surface area contributed by atoms with Gasteiger partial charge >= 0.3 is 0 Å². The second kappa shape index (κ2) is 7.80. The molecule has 1 aliphatic rings. The van der Waals surface area contributed by atoms with Crippen LogP contribution in [0.5, 0.6) is 5.88 Å². The molecule has 28 heavy (non-hydrogen) atoms. The molecule has 0 spiro atoms. The van der Waals surface area contributed by atoms with Gasteiger partial charge in [0.1, 0.15) is 11.9 Å². The van der Waals surface area contributed by atoms with Crippen molar-refractivity contribution in [3.63, 3.8) is 0 Å². The van der Waals surface area contributed by atoms with Crippen molar-refractivity contribution in [3.05, 3.63) is 64.3 Å². The van der Waals surface area contributed by atoms with Crippen molar-refractivity contribution in [3.8, 4) is 5.88 Å². The summed E-state index contributed by atoms with van der Waals surface area (Å²) < 4.78 is 19.4. The number of nitrogens with one attached hydrogen (secondary N) is 2. The molecule has 2 aromatic heterocycles. The van der Waals surface area contributed by atoms with Crippen molar-refractivity contribution in [1.82, 2.24) is 9.97 Å². The molecule has 1 fully saturated rings. The van der Waals surface area contributed by atoms with E-state index in [1.165, 1.54) is 30.7 Å². The summed E-state index contributed by atoms with van der Waals surface area (Å²) in [6, 6.07) is 8.44. The predicted octanol–water partition coefficient (Wildman–Crippen LogP) is 4.03. The van der Waals surface area contributed by atoms with Crippen molar-refractivity contribution in [2.45, 2.75) is 38.2 Å². The maximum absolute atomic E-state index is 13.4. The van der Waals surface area contributed by atoms with Gasteiger partial charge < -0.3 is 15.0 Å². The lowest BCUT2D eigenvalue weighted by Crippen LogP contribution is -2.20. The third-order valence-electron chi connectivity index (χ3n) is 4.88. The second-order valence-electron chi connectivity index (χ2n) is 6.95. The van der Waals surface area contributed by atoms with Gasteiger partial charge in [-0.2, -0.15) is 0 Å². The van der Waals surface area contributed by atoms with Crippen molar-refractivity contribution in [1.29, 1.82) is 0 Å². The van der Waals surface area contributed by atoms with Crippen molar-refractivity contribution in [2.24, 2.45) is 0 Å². The molecule has 1 saturated carbocycles. The SMILES string of the molecule is O=C(Nc1ccnc(OC2CCCCC2)c1)c1cc(=O)[nH]c2cc(F)ccc12.